The summed E-state index contributed by atoms with van der Waals surface area (Å²) in [5.74, 6) is -1.05. The van der Waals surface area contributed by atoms with Gasteiger partial charge in [0.05, 0.1) is 10.7 Å². The van der Waals surface area contributed by atoms with Gasteiger partial charge in [0.1, 0.15) is 16.4 Å². The normalized spacial score (nSPS) is 10.2. The second-order valence-electron chi connectivity index (χ2n) is 3.26. The predicted octanol–water partition coefficient (Wildman–Crippen LogP) is 3.38. The van der Waals surface area contributed by atoms with E-state index in [1.807, 2.05) is 0 Å². The van der Waals surface area contributed by atoms with E-state index in [0.717, 1.165) is 0 Å². The summed E-state index contributed by atoms with van der Waals surface area (Å²) in [7, 11) is 0. The van der Waals surface area contributed by atoms with Crippen LogP contribution in [0.5, 0.6) is 0 Å². The lowest BCUT2D eigenvalue weighted by molar-refractivity contribution is 0.103. The average Bonchev–Trinajstić information content (AvgIpc) is 2.70. The maximum absolute atomic E-state index is 13.4. The van der Waals surface area contributed by atoms with Crippen molar-refractivity contribution in [2.24, 2.45) is 0 Å². The van der Waals surface area contributed by atoms with Crippen molar-refractivity contribution in [3.05, 3.63) is 45.4 Å². The second kappa shape index (κ2) is 4.73. The van der Waals surface area contributed by atoms with Gasteiger partial charge in [-0.1, -0.05) is 17.7 Å². The molecule has 0 bridgehead atoms. The maximum Gasteiger partial charge on any atom is 0.267 e. The molecule has 0 aliphatic carbocycles. The highest BCUT2D eigenvalue weighted by Crippen LogP contribution is 2.26. The molecule has 6 heteroatoms. The first-order valence-electron chi connectivity index (χ1n) is 4.68. The van der Waals surface area contributed by atoms with E-state index in [-0.39, 0.29) is 11.4 Å². The van der Waals surface area contributed by atoms with E-state index in [2.05, 4.69) is 5.32 Å². The number of anilines is 2. The molecular weight excluding hydrogens is 263 g/mol. The number of rotatable bonds is 2. The third kappa shape index (κ3) is 2.40. The van der Waals surface area contributed by atoms with E-state index in [1.165, 1.54) is 29.5 Å². The minimum absolute atomic E-state index is 0.0260. The van der Waals surface area contributed by atoms with Crippen molar-refractivity contribution in [3.8, 4) is 0 Å². The Labute approximate surface area is 106 Å². The molecule has 0 saturated carbocycles. The number of amides is 1. The van der Waals surface area contributed by atoms with Gasteiger partial charge in [0.15, 0.2) is 0 Å². The summed E-state index contributed by atoms with van der Waals surface area (Å²) < 4.78 is 13.4. The summed E-state index contributed by atoms with van der Waals surface area (Å²) in [6.07, 6.45) is 0. The first-order chi connectivity index (χ1) is 8.09. The average molecular weight is 271 g/mol. The van der Waals surface area contributed by atoms with Crippen molar-refractivity contribution in [1.82, 2.24) is 0 Å². The Bertz CT molecular complexity index is 550. The third-order valence-electron chi connectivity index (χ3n) is 2.11. The molecule has 1 heterocycles. The molecule has 0 atom stereocenters. The van der Waals surface area contributed by atoms with Crippen LogP contribution in [0.25, 0.3) is 0 Å². The highest BCUT2D eigenvalue weighted by Gasteiger charge is 2.15. The Morgan fingerprint density at radius 2 is 2.18 bits per heavy atom. The van der Waals surface area contributed by atoms with Crippen LogP contribution in [0, 0.1) is 5.82 Å². The van der Waals surface area contributed by atoms with Gasteiger partial charge in [0.25, 0.3) is 5.91 Å². The summed E-state index contributed by atoms with van der Waals surface area (Å²) in [6, 6.07) is 5.81. The zero-order chi connectivity index (χ0) is 12.4. The molecule has 0 fully saturated rings. The van der Waals surface area contributed by atoms with Gasteiger partial charge < -0.3 is 11.1 Å². The number of para-hydroxylation sites is 1. The van der Waals surface area contributed by atoms with Crippen LogP contribution < -0.4 is 11.1 Å². The first kappa shape index (κ1) is 11.9. The van der Waals surface area contributed by atoms with Gasteiger partial charge in [-0.3, -0.25) is 4.79 Å². The molecule has 2 aromatic rings. The Morgan fingerprint density at radius 1 is 1.41 bits per heavy atom. The molecule has 0 aliphatic rings. The van der Waals surface area contributed by atoms with Gasteiger partial charge in [-0.15, -0.1) is 11.3 Å². The van der Waals surface area contributed by atoms with Crippen LogP contribution >= 0.6 is 22.9 Å². The first-order valence-corrected chi connectivity index (χ1v) is 5.93. The molecule has 2 rings (SSSR count). The second-order valence-corrected chi connectivity index (χ2v) is 4.58. The molecule has 0 saturated heterocycles. The Morgan fingerprint density at radius 3 is 2.76 bits per heavy atom. The van der Waals surface area contributed by atoms with Crippen LogP contribution in [0.1, 0.15) is 9.67 Å². The summed E-state index contributed by atoms with van der Waals surface area (Å²) in [4.78, 5) is 12.1. The fourth-order valence-electron chi connectivity index (χ4n) is 1.30. The SMILES string of the molecule is Nc1cccc(F)c1NC(=O)c1sccc1Cl. The fraction of sp³-hybridized carbons (Fsp3) is 0. The Hall–Kier alpha value is -1.59. The van der Waals surface area contributed by atoms with Crippen molar-refractivity contribution in [1.29, 1.82) is 0 Å². The number of halogens is 2. The van der Waals surface area contributed by atoms with Crippen LogP contribution in [0.15, 0.2) is 29.6 Å². The molecule has 1 aromatic heterocycles. The number of carbonyl (C=O) groups is 1. The minimum Gasteiger partial charge on any atom is -0.397 e. The molecule has 0 spiro atoms. The molecule has 1 amide bonds. The monoisotopic (exact) mass is 270 g/mol. The summed E-state index contributed by atoms with van der Waals surface area (Å²) in [5.41, 5.74) is 5.72. The van der Waals surface area contributed by atoms with Crippen LogP contribution in [-0.2, 0) is 0 Å². The lowest BCUT2D eigenvalue weighted by Gasteiger charge is -2.08. The molecule has 3 nitrogen and oxygen atoms in total. The van der Waals surface area contributed by atoms with Crippen molar-refractivity contribution >= 4 is 40.2 Å². The summed E-state index contributed by atoms with van der Waals surface area (Å²) in [6.45, 7) is 0. The zero-order valence-electron chi connectivity index (χ0n) is 8.54. The molecule has 0 radical (unpaired) electrons. The van der Waals surface area contributed by atoms with Gasteiger partial charge in [-0.25, -0.2) is 4.39 Å². The van der Waals surface area contributed by atoms with Crippen molar-refractivity contribution < 1.29 is 9.18 Å². The van der Waals surface area contributed by atoms with Crippen LogP contribution in [0.2, 0.25) is 5.02 Å². The van der Waals surface area contributed by atoms with E-state index in [0.29, 0.717) is 9.90 Å². The standard InChI is InChI=1S/C11H8ClFN2OS/c12-6-4-5-17-10(6)11(16)15-9-7(13)2-1-3-8(9)14/h1-5H,14H2,(H,15,16). The third-order valence-corrected chi connectivity index (χ3v) is 3.45. The largest absolute Gasteiger partial charge is 0.397 e. The smallest absolute Gasteiger partial charge is 0.267 e. The minimum atomic E-state index is -0.578. The zero-order valence-corrected chi connectivity index (χ0v) is 10.1. The van der Waals surface area contributed by atoms with Crippen LogP contribution in [-0.4, -0.2) is 5.91 Å². The van der Waals surface area contributed by atoms with E-state index < -0.39 is 11.7 Å². The number of hydrogen-bond acceptors (Lipinski definition) is 3. The van der Waals surface area contributed by atoms with Gasteiger partial charge >= 0.3 is 0 Å². The molecule has 17 heavy (non-hydrogen) atoms. The number of carbonyl (C=O) groups excluding carboxylic acids is 1. The fourth-order valence-corrected chi connectivity index (χ4v) is 2.33. The Balaban J connectivity index is 2.28. The van der Waals surface area contributed by atoms with E-state index in [9.17, 15) is 9.18 Å². The molecule has 3 N–H and O–H groups in total. The predicted molar refractivity (Wildman–Crippen MR) is 68.1 cm³/mol. The molecule has 1 aromatic carbocycles. The summed E-state index contributed by atoms with van der Waals surface area (Å²) in [5, 5.41) is 4.43. The van der Waals surface area contributed by atoms with Crippen molar-refractivity contribution in [2.75, 3.05) is 11.1 Å². The van der Waals surface area contributed by atoms with Gasteiger partial charge in [-0.05, 0) is 23.6 Å². The topological polar surface area (TPSA) is 55.1 Å². The number of thiophene rings is 1. The number of hydrogen-bond donors (Lipinski definition) is 2. The molecule has 88 valence electrons. The number of nitrogen functional groups attached to an aromatic ring is 1. The van der Waals surface area contributed by atoms with Crippen LogP contribution in [0.3, 0.4) is 0 Å². The quantitative estimate of drug-likeness (QED) is 0.822. The highest BCUT2D eigenvalue weighted by atomic mass is 35.5. The lowest BCUT2D eigenvalue weighted by Crippen LogP contribution is -2.13. The van der Waals surface area contributed by atoms with Crippen LogP contribution in [0.4, 0.5) is 15.8 Å². The molecule has 0 unspecified atom stereocenters. The number of nitrogens with two attached hydrogens (primary N) is 1. The van der Waals surface area contributed by atoms with Crippen molar-refractivity contribution in [3.63, 3.8) is 0 Å². The van der Waals surface area contributed by atoms with Gasteiger partial charge in [-0.2, -0.15) is 0 Å². The maximum atomic E-state index is 13.4. The lowest BCUT2D eigenvalue weighted by atomic mass is 10.2. The van der Waals surface area contributed by atoms with E-state index >= 15 is 0 Å². The molecule has 0 aliphatic heterocycles. The Kier molecular flexibility index (Phi) is 3.31. The van der Waals surface area contributed by atoms with Gasteiger partial charge in [0.2, 0.25) is 0 Å². The highest BCUT2D eigenvalue weighted by molar-refractivity contribution is 7.12. The number of nitrogens with one attached hydrogen (secondary N) is 1. The van der Waals surface area contributed by atoms with Crippen molar-refractivity contribution in [2.45, 2.75) is 0 Å². The van der Waals surface area contributed by atoms with E-state index in [1.54, 1.807) is 11.4 Å². The number of benzene rings is 1. The summed E-state index contributed by atoms with van der Waals surface area (Å²) >= 11 is 6.99. The molecular formula is C11H8ClFN2OS. The van der Waals surface area contributed by atoms with E-state index in [4.69, 9.17) is 17.3 Å². The van der Waals surface area contributed by atoms with Gasteiger partial charge in [0, 0.05) is 0 Å².